The summed E-state index contributed by atoms with van der Waals surface area (Å²) in [5.41, 5.74) is 8.15. The number of hydrogen-bond donors (Lipinski definition) is 1. The summed E-state index contributed by atoms with van der Waals surface area (Å²) in [6, 6.07) is 6.23. The van der Waals surface area contributed by atoms with Crippen molar-refractivity contribution < 1.29 is 9.47 Å². The molecule has 0 aliphatic carbocycles. The molecule has 0 amide bonds. The molecule has 3 nitrogen and oxygen atoms in total. The van der Waals surface area contributed by atoms with Gasteiger partial charge in [0.15, 0.2) is 0 Å². The summed E-state index contributed by atoms with van der Waals surface area (Å²) < 4.78 is 11.4. The predicted octanol–water partition coefficient (Wildman–Crippen LogP) is 2.57. The van der Waals surface area contributed by atoms with E-state index in [0.29, 0.717) is 6.61 Å². The zero-order chi connectivity index (χ0) is 12.3. The van der Waals surface area contributed by atoms with Crippen LogP contribution in [0.25, 0.3) is 0 Å². The molecule has 1 aromatic rings. The van der Waals surface area contributed by atoms with Crippen LogP contribution in [-0.2, 0) is 4.74 Å². The lowest BCUT2D eigenvalue weighted by molar-refractivity contribution is 0.00715. The van der Waals surface area contributed by atoms with Gasteiger partial charge in [0.1, 0.15) is 11.9 Å². The molecule has 2 rings (SSSR count). The van der Waals surface area contributed by atoms with Gasteiger partial charge < -0.3 is 15.2 Å². The van der Waals surface area contributed by atoms with E-state index in [9.17, 15) is 0 Å². The lowest BCUT2D eigenvalue weighted by Gasteiger charge is -2.24. The van der Waals surface area contributed by atoms with Crippen molar-refractivity contribution in [2.45, 2.75) is 38.8 Å². The number of aryl methyl sites for hydroxylation is 1. The number of hydrogen-bond acceptors (Lipinski definition) is 3. The normalized spacial score (nSPS) is 22.2. The van der Waals surface area contributed by atoms with Gasteiger partial charge in [-0.1, -0.05) is 12.1 Å². The number of benzene rings is 1. The van der Waals surface area contributed by atoms with Crippen molar-refractivity contribution in [2.75, 3.05) is 13.2 Å². The third kappa shape index (κ3) is 3.20. The van der Waals surface area contributed by atoms with Gasteiger partial charge in [-0.2, -0.15) is 0 Å². The molecule has 0 radical (unpaired) electrons. The Kier molecular flexibility index (Phi) is 4.02. The molecule has 2 N–H and O–H groups in total. The SMILES string of the molecule is Cc1cc(C(C)N)ccc1OC1CCCOC1. The molecule has 0 aromatic heterocycles. The van der Waals surface area contributed by atoms with Crippen LogP contribution in [0.15, 0.2) is 18.2 Å². The minimum atomic E-state index is 0.0702. The van der Waals surface area contributed by atoms with Crippen molar-refractivity contribution in [3.8, 4) is 5.75 Å². The van der Waals surface area contributed by atoms with Gasteiger partial charge in [-0.05, 0) is 43.9 Å². The first kappa shape index (κ1) is 12.4. The van der Waals surface area contributed by atoms with Gasteiger partial charge in [-0.3, -0.25) is 0 Å². The quantitative estimate of drug-likeness (QED) is 0.875. The van der Waals surface area contributed by atoms with Crippen LogP contribution in [0, 0.1) is 6.92 Å². The Morgan fingerprint density at radius 1 is 1.47 bits per heavy atom. The van der Waals surface area contributed by atoms with E-state index in [4.69, 9.17) is 15.2 Å². The second-order valence-corrected chi connectivity index (χ2v) is 4.77. The molecule has 1 fully saturated rings. The lowest BCUT2D eigenvalue weighted by atomic mass is 10.1. The maximum Gasteiger partial charge on any atom is 0.122 e. The highest BCUT2D eigenvalue weighted by Crippen LogP contribution is 2.24. The highest BCUT2D eigenvalue weighted by atomic mass is 16.5. The molecular weight excluding hydrogens is 214 g/mol. The molecular formula is C14H21NO2. The van der Waals surface area contributed by atoms with Gasteiger partial charge in [-0.25, -0.2) is 0 Å². The second kappa shape index (κ2) is 5.52. The van der Waals surface area contributed by atoms with E-state index in [-0.39, 0.29) is 12.1 Å². The van der Waals surface area contributed by atoms with Crippen molar-refractivity contribution in [1.82, 2.24) is 0 Å². The summed E-state index contributed by atoms with van der Waals surface area (Å²) >= 11 is 0. The van der Waals surface area contributed by atoms with Gasteiger partial charge in [-0.15, -0.1) is 0 Å². The fourth-order valence-corrected chi connectivity index (χ4v) is 2.07. The largest absolute Gasteiger partial charge is 0.488 e. The first-order valence-corrected chi connectivity index (χ1v) is 6.27. The number of rotatable bonds is 3. The van der Waals surface area contributed by atoms with Crippen LogP contribution >= 0.6 is 0 Å². The van der Waals surface area contributed by atoms with Gasteiger partial charge >= 0.3 is 0 Å². The Bertz CT molecular complexity index is 370. The van der Waals surface area contributed by atoms with E-state index in [1.165, 1.54) is 0 Å². The fraction of sp³-hybridized carbons (Fsp3) is 0.571. The highest BCUT2D eigenvalue weighted by Gasteiger charge is 2.16. The number of ether oxygens (including phenoxy) is 2. The molecule has 3 heteroatoms. The van der Waals surface area contributed by atoms with E-state index in [2.05, 4.69) is 13.0 Å². The standard InChI is InChI=1S/C14H21NO2/c1-10-8-12(11(2)15)5-6-14(10)17-13-4-3-7-16-9-13/h5-6,8,11,13H,3-4,7,9,15H2,1-2H3. The zero-order valence-corrected chi connectivity index (χ0v) is 10.6. The van der Waals surface area contributed by atoms with Crippen LogP contribution in [0.1, 0.15) is 36.9 Å². The summed E-state index contributed by atoms with van der Waals surface area (Å²) in [6.07, 6.45) is 2.36. The summed E-state index contributed by atoms with van der Waals surface area (Å²) in [5.74, 6) is 0.949. The molecule has 1 heterocycles. The minimum absolute atomic E-state index is 0.0702. The van der Waals surface area contributed by atoms with Gasteiger partial charge in [0.2, 0.25) is 0 Å². The molecule has 94 valence electrons. The molecule has 0 saturated carbocycles. The van der Waals surface area contributed by atoms with Crippen LogP contribution in [-0.4, -0.2) is 19.3 Å². The Balaban J connectivity index is 2.05. The van der Waals surface area contributed by atoms with Crippen molar-refractivity contribution in [1.29, 1.82) is 0 Å². The zero-order valence-electron chi connectivity index (χ0n) is 10.6. The van der Waals surface area contributed by atoms with Crippen molar-refractivity contribution in [3.05, 3.63) is 29.3 Å². The van der Waals surface area contributed by atoms with Gasteiger partial charge in [0, 0.05) is 12.6 Å². The van der Waals surface area contributed by atoms with E-state index in [1.807, 2.05) is 19.1 Å². The van der Waals surface area contributed by atoms with Crippen LogP contribution in [0.4, 0.5) is 0 Å². The van der Waals surface area contributed by atoms with Crippen molar-refractivity contribution in [3.63, 3.8) is 0 Å². The molecule has 0 spiro atoms. The average Bonchev–Trinajstić information content (AvgIpc) is 2.33. The Morgan fingerprint density at radius 2 is 2.29 bits per heavy atom. The van der Waals surface area contributed by atoms with Crippen molar-refractivity contribution >= 4 is 0 Å². The van der Waals surface area contributed by atoms with E-state index >= 15 is 0 Å². The highest BCUT2D eigenvalue weighted by molar-refractivity contribution is 5.37. The summed E-state index contributed by atoms with van der Waals surface area (Å²) in [4.78, 5) is 0. The molecule has 2 atom stereocenters. The maximum absolute atomic E-state index is 5.95. The third-order valence-corrected chi connectivity index (χ3v) is 3.14. The monoisotopic (exact) mass is 235 g/mol. The lowest BCUT2D eigenvalue weighted by Crippen LogP contribution is -2.28. The molecule has 17 heavy (non-hydrogen) atoms. The minimum Gasteiger partial charge on any atom is -0.488 e. The molecule has 2 unspecified atom stereocenters. The Hall–Kier alpha value is -1.06. The molecule has 1 aliphatic rings. The summed E-state index contributed by atoms with van der Waals surface area (Å²) in [7, 11) is 0. The molecule has 1 aliphatic heterocycles. The fourth-order valence-electron chi connectivity index (χ4n) is 2.07. The topological polar surface area (TPSA) is 44.5 Å². The third-order valence-electron chi connectivity index (χ3n) is 3.14. The van der Waals surface area contributed by atoms with E-state index < -0.39 is 0 Å². The van der Waals surface area contributed by atoms with Crippen LogP contribution in [0.5, 0.6) is 5.75 Å². The Labute approximate surface area is 103 Å². The average molecular weight is 235 g/mol. The summed E-state index contributed by atoms with van der Waals surface area (Å²) in [5, 5.41) is 0. The van der Waals surface area contributed by atoms with Crippen molar-refractivity contribution in [2.24, 2.45) is 5.73 Å². The Morgan fingerprint density at radius 3 is 2.88 bits per heavy atom. The smallest absolute Gasteiger partial charge is 0.122 e. The first-order valence-electron chi connectivity index (χ1n) is 6.27. The molecule has 0 bridgehead atoms. The van der Waals surface area contributed by atoms with Crippen LogP contribution in [0.2, 0.25) is 0 Å². The van der Waals surface area contributed by atoms with E-state index in [1.54, 1.807) is 0 Å². The molecule has 1 saturated heterocycles. The predicted molar refractivity (Wildman–Crippen MR) is 68.3 cm³/mol. The summed E-state index contributed by atoms with van der Waals surface area (Å²) in [6.45, 7) is 5.62. The van der Waals surface area contributed by atoms with Crippen LogP contribution < -0.4 is 10.5 Å². The number of nitrogens with two attached hydrogens (primary N) is 1. The first-order chi connectivity index (χ1) is 8.16. The molecule has 1 aromatic carbocycles. The van der Waals surface area contributed by atoms with Gasteiger partial charge in [0.05, 0.1) is 6.61 Å². The van der Waals surface area contributed by atoms with E-state index in [0.717, 1.165) is 36.3 Å². The maximum atomic E-state index is 5.95. The van der Waals surface area contributed by atoms with Gasteiger partial charge in [0.25, 0.3) is 0 Å². The van der Waals surface area contributed by atoms with Crippen LogP contribution in [0.3, 0.4) is 0 Å². The second-order valence-electron chi connectivity index (χ2n) is 4.77.